The van der Waals surface area contributed by atoms with Crippen LogP contribution in [0.25, 0.3) is 11.3 Å². The highest BCUT2D eigenvalue weighted by Crippen LogP contribution is 2.25. The normalized spacial score (nSPS) is 19.9. The fraction of sp³-hybridized carbons (Fsp3) is 0.400. The largest absolute Gasteiger partial charge is 0.326 e. The minimum absolute atomic E-state index is 0.539. The smallest absolute Gasteiger partial charge is 0.0954 e. The summed E-state index contributed by atoms with van der Waals surface area (Å²) in [7, 11) is 0. The summed E-state index contributed by atoms with van der Waals surface area (Å²) in [5.41, 5.74) is 3.77. The molecule has 0 saturated carbocycles. The van der Waals surface area contributed by atoms with E-state index in [0.29, 0.717) is 6.04 Å². The van der Waals surface area contributed by atoms with Gasteiger partial charge in [-0.05, 0) is 31.9 Å². The molecule has 1 aromatic carbocycles. The molecule has 0 radical (unpaired) electrons. The van der Waals surface area contributed by atoms with E-state index in [0.717, 1.165) is 13.1 Å². The van der Waals surface area contributed by atoms with Gasteiger partial charge in [0, 0.05) is 12.6 Å². The number of aromatic nitrogens is 2. The van der Waals surface area contributed by atoms with Gasteiger partial charge in [-0.1, -0.05) is 29.8 Å². The van der Waals surface area contributed by atoms with Gasteiger partial charge in [0.1, 0.15) is 0 Å². The lowest BCUT2D eigenvalue weighted by Gasteiger charge is -2.25. The summed E-state index contributed by atoms with van der Waals surface area (Å²) in [5, 5.41) is 3.46. The first kappa shape index (κ1) is 11.5. The van der Waals surface area contributed by atoms with Crippen molar-refractivity contribution < 1.29 is 0 Å². The Labute approximate surface area is 108 Å². The molecule has 0 aliphatic carbocycles. The van der Waals surface area contributed by atoms with Crippen molar-refractivity contribution >= 4 is 0 Å². The van der Waals surface area contributed by atoms with E-state index < -0.39 is 0 Å². The minimum Gasteiger partial charge on any atom is -0.326 e. The highest BCUT2D eigenvalue weighted by Gasteiger charge is 2.17. The lowest BCUT2D eigenvalue weighted by atomic mass is 10.1. The second-order valence-electron chi connectivity index (χ2n) is 5.05. The van der Waals surface area contributed by atoms with Gasteiger partial charge in [0.15, 0.2) is 0 Å². The Kier molecular flexibility index (Phi) is 3.15. The zero-order valence-electron chi connectivity index (χ0n) is 10.8. The molecule has 3 nitrogen and oxygen atoms in total. The van der Waals surface area contributed by atoms with E-state index in [1.165, 1.54) is 29.7 Å². The van der Waals surface area contributed by atoms with Crippen LogP contribution in [0.5, 0.6) is 0 Å². The number of benzene rings is 1. The van der Waals surface area contributed by atoms with Crippen LogP contribution in [0.15, 0.2) is 36.8 Å². The predicted octanol–water partition coefficient (Wildman–Crippen LogP) is 2.78. The van der Waals surface area contributed by atoms with E-state index >= 15 is 0 Å². The Morgan fingerprint density at radius 1 is 1.28 bits per heavy atom. The van der Waals surface area contributed by atoms with Crippen molar-refractivity contribution in [2.24, 2.45) is 0 Å². The Morgan fingerprint density at radius 2 is 2.11 bits per heavy atom. The van der Waals surface area contributed by atoms with Crippen LogP contribution in [-0.2, 0) is 0 Å². The van der Waals surface area contributed by atoms with Crippen molar-refractivity contribution in [3.63, 3.8) is 0 Å². The highest BCUT2D eigenvalue weighted by molar-refractivity contribution is 5.59. The SMILES string of the molecule is Cc1ccc(-c2cncn2C2CCCNC2)cc1. The van der Waals surface area contributed by atoms with Crippen molar-refractivity contribution in [2.45, 2.75) is 25.8 Å². The maximum Gasteiger partial charge on any atom is 0.0954 e. The van der Waals surface area contributed by atoms with Crippen LogP contribution in [-0.4, -0.2) is 22.6 Å². The quantitative estimate of drug-likeness (QED) is 0.876. The highest BCUT2D eigenvalue weighted by atomic mass is 15.1. The number of piperidine rings is 1. The van der Waals surface area contributed by atoms with Gasteiger partial charge in [-0.25, -0.2) is 4.98 Å². The molecule has 3 rings (SSSR count). The molecule has 0 amide bonds. The van der Waals surface area contributed by atoms with E-state index in [9.17, 15) is 0 Å². The van der Waals surface area contributed by atoms with Crippen LogP contribution in [0.4, 0.5) is 0 Å². The fourth-order valence-electron chi connectivity index (χ4n) is 2.61. The Bertz CT molecular complexity index is 507. The molecule has 1 aliphatic heterocycles. The summed E-state index contributed by atoms with van der Waals surface area (Å²) in [6.45, 7) is 4.31. The van der Waals surface area contributed by atoms with Crippen molar-refractivity contribution in [2.75, 3.05) is 13.1 Å². The first-order valence-corrected chi connectivity index (χ1v) is 6.64. The third-order valence-electron chi connectivity index (χ3n) is 3.68. The first-order chi connectivity index (χ1) is 8.84. The van der Waals surface area contributed by atoms with Gasteiger partial charge >= 0.3 is 0 Å². The average Bonchev–Trinajstić information content (AvgIpc) is 2.90. The molecule has 0 spiro atoms. The van der Waals surface area contributed by atoms with Gasteiger partial charge in [-0.2, -0.15) is 0 Å². The van der Waals surface area contributed by atoms with Crippen LogP contribution < -0.4 is 5.32 Å². The molecule has 94 valence electrons. The summed E-state index contributed by atoms with van der Waals surface area (Å²) < 4.78 is 2.32. The average molecular weight is 241 g/mol. The number of imidazole rings is 1. The first-order valence-electron chi connectivity index (χ1n) is 6.64. The molecule has 1 aromatic heterocycles. The lowest BCUT2D eigenvalue weighted by Crippen LogP contribution is -2.31. The molecule has 2 aromatic rings. The van der Waals surface area contributed by atoms with Crippen LogP contribution in [0, 0.1) is 6.92 Å². The molecular formula is C15H19N3. The molecular weight excluding hydrogens is 222 g/mol. The van der Waals surface area contributed by atoms with Crippen LogP contribution in [0.3, 0.4) is 0 Å². The van der Waals surface area contributed by atoms with E-state index in [1.807, 2.05) is 12.5 Å². The van der Waals surface area contributed by atoms with Gasteiger partial charge in [0.25, 0.3) is 0 Å². The molecule has 1 fully saturated rings. The topological polar surface area (TPSA) is 29.9 Å². The van der Waals surface area contributed by atoms with Crippen molar-refractivity contribution in [3.8, 4) is 11.3 Å². The molecule has 1 N–H and O–H groups in total. The molecule has 3 heteroatoms. The van der Waals surface area contributed by atoms with Gasteiger partial charge in [0.2, 0.25) is 0 Å². The second-order valence-corrected chi connectivity index (χ2v) is 5.05. The summed E-state index contributed by atoms with van der Waals surface area (Å²) in [5.74, 6) is 0. The molecule has 0 bridgehead atoms. The van der Waals surface area contributed by atoms with Crippen molar-refractivity contribution in [1.29, 1.82) is 0 Å². The Balaban J connectivity index is 1.93. The summed E-state index contributed by atoms with van der Waals surface area (Å²) >= 11 is 0. The molecule has 2 heterocycles. The van der Waals surface area contributed by atoms with Crippen LogP contribution >= 0.6 is 0 Å². The van der Waals surface area contributed by atoms with Gasteiger partial charge in [-0.15, -0.1) is 0 Å². The molecule has 18 heavy (non-hydrogen) atoms. The summed E-state index contributed by atoms with van der Waals surface area (Å²) in [6.07, 6.45) is 6.42. The zero-order valence-corrected chi connectivity index (χ0v) is 10.8. The standard InChI is InChI=1S/C15H19N3/c1-12-4-6-13(7-5-12)15-10-17-11-18(15)14-3-2-8-16-9-14/h4-7,10-11,14,16H,2-3,8-9H2,1H3. The predicted molar refractivity (Wildman–Crippen MR) is 73.5 cm³/mol. The van der Waals surface area contributed by atoms with E-state index in [2.05, 4.69) is 46.1 Å². The Morgan fingerprint density at radius 3 is 2.83 bits per heavy atom. The number of hydrogen-bond donors (Lipinski definition) is 1. The number of aryl methyl sites for hydroxylation is 1. The number of rotatable bonds is 2. The number of nitrogens with one attached hydrogen (secondary N) is 1. The molecule has 1 saturated heterocycles. The third-order valence-corrected chi connectivity index (χ3v) is 3.68. The monoisotopic (exact) mass is 241 g/mol. The third kappa shape index (κ3) is 2.18. The molecule has 1 atom stereocenters. The van der Waals surface area contributed by atoms with E-state index in [4.69, 9.17) is 0 Å². The maximum atomic E-state index is 4.33. The summed E-state index contributed by atoms with van der Waals surface area (Å²) in [4.78, 5) is 4.33. The molecule has 1 aliphatic rings. The fourth-order valence-corrected chi connectivity index (χ4v) is 2.61. The van der Waals surface area contributed by atoms with Crippen molar-refractivity contribution in [3.05, 3.63) is 42.4 Å². The van der Waals surface area contributed by atoms with Crippen molar-refractivity contribution in [1.82, 2.24) is 14.9 Å². The maximum absolute atomic E-state index is 4.33. The second kappa shape index (κ2) is 4.94. The van der Waals surface area contributed by atoms with Crippen LogP contribution in [0.2, 0.25) is 0 Å². The van der Waals surface area contributed by atoms with Gasteiger partial charge in [0.05, 0.1) is 18.2 Å². The number of nitrogens with zero attached hydrogens (tertiary/aromatic N) is 2. The van der Waals surface area contributed by atoms with Crippen LogP contribution in [0.1, 0.15) is 24.4 Å². The van der Waals surface area contributed by atoms with E-state index in [-0.39, 0.29) is 0 Å². The molecule has 1 unspecified atom stereocenters. The number of hydrogen-bond acceptors (Lipinski definition) is 2. The zero-order chi connectivity index (χ0) is 12.4. The summed E-state index contributed by atoms with van der Waals surface area (Å²) in [6, 6.07) is 9.22. The van der Waals surface area contributed by atoms with Gasteiger partial charge < -0.3 is 9.88 Å². The van der Waals surface area contributed by atoms with E-state index in [1.54, 1.807) is 0 Å². The minimum atomic E-state index is 0.539. The lowest BCUT2D eigenvalue weighted by molar-refractivity contribution is 0.373. The van der Waals surface area contributed by atoms with Gasteiger partial charge in [-0.3, -0.25) is 0 Å². The Hall–Kier alpha value is -1.61.